The zero-order valence-electron chi connectivity index (χ0n) is 23.5. The fourth-order valence-electron chi connectivity index (χ4n) is 5.94. The monoisotopic (exact) mass is 552 g/mol. The van der Waals surface area contributed by atoms with Gasteiger partial charge in [-0.3, -0.25) is 19.1 Å². The molecule has 0 spiro atoms. The number of hydrogen-bond acceptors (Lipinski definition) is 7. The van der Waals surface area contributed by atoms with Crippen LogP contribution in [0.25, 0.3) is 22.0 Å². The Morgan fingerprint density at radius 2 is 1.85 bits per heavy atom. The Hall–Kier alpha value is -4.60. The topological polar surface area (TPSA) is 119 Å². The summed E-state index contributed by atoms with van der Waals surface area (Å²) in [7, 11) is 1.60. The third-order valence-electron chi connectivity index (χ3n) is 8.31. The van der Waals surface area contributed by atoms with Crippen LogP contribution < -0.4 is 10.1 Å². The molecule has 1 saturated carbocycles. The number of aromatic nitrogens is 4. The van der Waals surface area contributed by atoms with Crippen molar-refractivity contribution in [2.75, 3.05) is 7.11 Å². The van der Waals surface area contributed by atoms with Crippen molar-refractivity contribution in [2.45, 2.75) is 58.8 Å². The largest absolute Gasteiger partial charge is 0.497 e. The minimum atomic E-state index is -0.556. The summed E-state index contributed by atoms with van der Waals surface area (Å²) in [6.07, 6.45) is 4.97. The number of methoxy groups -OCH3 is 1. The molecule has 0 radical (unpaired) electrons. The number of aryl methyl sites for hydroxylation is 1. The number of carbonyl (C=O) groups excluding carboxylic acids is 3. The second-order valence-corrected chi connectivity index (χ2v) is 11.3. The maximum absolute atomic E-state index is 13.8. The molecule has 0 bridgehead atoms. The van der Waals surface area contributed by atoms with Gasteiger partial charge in [0.2, 0.25) is 11.8 Å². The van der Waals surface area contributed by atoms with Gasteiger partial charge in [-0.15, -0.1) is 0 Å². The van der Waals surface area contributed by atoms with Crippen LogP contribution >= 0.6 is 0 Å². The summed E-state index contributed by atoms with van der Waals surface area (Å²) >= 11 is 0. The summed E-state index contributed by atoms with van der Waals surface area (Å²) in [5.74, 6) is 0.845. The number of carbonyl (C=O) groups is 3. The van der Waals surface area contributed by atoms with E-state index in [4.69, 9.17) is 4.74 Å². The van der Waals surface area contributed by atoms with Gasteiger partial charge < -0.3 is 15.0 Å². The molecule has 210 valence electrons. The fraction of sp³-hybridized carbons (Fsp3) is 0.355. The first-order valence-electron chi connectivity index (χ1n) is 13.7. The highest BCUT2D eigenvalue weighted by molar-refractivity contribution is 6.06. The first-order valence-corrected chi connectivity index (χ1v) is 13.7. The van der Waals surface area contributed by atoms with Crippen LogP contribution in [0.1, 0.15) is 48.6 Å². The van der Waals surface area contributed by atoms with Crippen molar-refractivity contribution in [1.29, 1.82) is 0 Å². The van der Waals surface area contributed by atoms with E-state index in [1.165, 1.54) is 6.92 Å². The lowest BCUT2D eigenvalue weighted by molar-refractivity contribution is -0.140. The van der Waals surface area contributed by atoms with Crippen molar-refractivity contribution >= 4 is 28.5 Å². The molecule has 6 rings (SSSR count). The standard InChI is InChI=1S/C31H32N6O4/c1-18(38)29-24-11-21(22-15-32-19(2)33-16-22)8-9-25(24)36(35-29)17-28(39)37-26(12-31(3)13-27(31)37)30(40)34-14-20-6-5-7-23(10-20)41-4/h5-11,15-16,26-27H,12-14,17H2,1-4H3,(H,34,40)/t26-,27+,31-/m0/s1. The number of amides is 2. The highest BCUT2D eigenvalue weighted by Gasteiger charge is 2.64. The Kier molecular flexibility index (Phi) is 6.56. The molecular weight excluding hydrogens is 520 g/mol. The van der Waals surface area contributed by atoms with Gasteiger partial charge >= 0.3 is 0 Å². The molecule has 2 aromatic carbocycles. The molecule has 10 nitrogen and oxygen atoms in total. The van der Waals surface area contributed by atoms with E-state index in [2.05, 4.69) is 27.3 Å². The van der Waals surface area contributed by atoms with Gasteiger partial charge in [-0.1, -0.05) is 25.1 Å². The average molecular weight is 553 g/mol. The Morgan fingerprint density at radius 1 is 1.07 bits per heavy atom. The van der Waals surface area contributed by atoms with E-state index < -0.39 is 6.04 Å². The van der Waals surface area contributed by atoms with E-state index in [-0.39, 0.29) is 35.6 Å². The molecule has 3 atom stereocenters. The summed E-state index contributed by atoms with van der Waals surface area (Å²) in [5, 5.41) is 8.21. The normalized spacial score (nSPS) is 21.0. The van der Waals surface area contributed by atoms with Crippen molar-refractivity contribution in [2.24, 2.45) is 5.41 Å². The number of Topliss-reactive ketones (excluding diaryl/α,β-unsaturated/α-hetero) is 1. The van der Waals surface area contributed by atoms with Gasteiger partial charge in [0.25, 0.3) is 0 Å². The lowest BCUT2D eigenvalue weighted by Gasteiger charge is -2.27. The second-order valence-electron chi connectivity index (χ2n) is 11.3. The summed E-state index contributed by atoms with van der Waals surface area (Å²) in [5.41, 5.74) is 3.51. The number of piperidine rings is 1. The van der Waals surface area contributed by atoms with Crippen LogP contribution in [0.5, 0.6) is 5.75 Å². The molecule has 3 heterocycles. The maximum atomic E-state index is 13.8. The molecule has 4 aromatic rings. The Labute approximate surface area is 237 Å². The Morgan fingerprint density at radius 3 is 2.59 bits per heavy atom. The Bertz CT molecular complexity index is 1680. The van der Waals surface area contributed by atoms with E-state index in [0.717, 1.165) is 28.9 Å². The van der Waals surface area contributed by atoms with Crippen LogP contribution in [0.15, 0.2) is 54.9 Å². The first kappa shape index (κ1) is 26.6. The molecule has 1 N–H and O–H groups in total. The van der Waals surface area contributed by atoms with Crippen LogP contribution in [0, 0.1) is 12.3 Å². The highest BCUT2D eigenvalue weighted by Crippen LogP contribution is 2.59. The van der Waals surface area contributed by atoms with E-state index in [0.29, 0.717) is 35.4 Å². The molecule has 2 fully saturated rings. The van der Waals surface area contributed by atoms with Crippen molar-refractivity contribution in [3.63, 3.8) is 0 Å². The zero-order valence-corrected chi connectivity index (χ0v) is 23.5. The van der Waals surface area contributed by atoms with Gasteiger partial charge in [0.1, 0.15) is 29.9 Å². The molecule has 1 saturated heterocycles. The first-order chi connectivity index (χ1) is 19.7. The van der Waals surface area contributed by atoms with Crippen LogP contribution in [-0.2, 0) is 22.7 Å². The highest BCUT2D eigenvalue weighted by atomic mass is 16.5. The number of nitrogens with zero attached hydrogens (tertiary/aromatic N) is 5. The minimum absolute atomic E-state index is 0.0183. The molecule has 0 unspecified atom stereocenters. The molecule has 1 aliphatic heterocycles. The van der Waals surface area contributed by atoms with E-state index >= 15 is 0 Å². The average Bonchev–Trinajstić information content (AvgIpc) is 3.33. The predicted molar refractivity (Wildman–Crippen MR) is 152 cm³/mol. The molecule has 2 aromatic heterocycles. The van der Waals surface area contributed by atoms with Crippen LogP contribution in [-0.4, -0.2) is 61.4 Å². The maximum Gasteiger partial charge on any atom is 0.245 e. The van der Waals surface area contributed by atoms with Gasteiger partial charge in [0, 0.05) is 42.9 Å². The fourth-order valence-corrected chi connectivity index (χ4v) is 5.94. The number of nitrogens with one attached hydrogen (secondary N) is 1. The van der Waals surface area contributed by atoms with Gasteiger partial charge in [-0.05, 0) is 60.6 Å². The molecule has 2 aliphatic rings. The number of likely N-dealkylation sites (tertiary alicyclic amines) is 1. The number of fused-ring (bicyclic) bond motifs is 2. The van der Waals surface area contributed by atoms with Crippen LogP contribution in [0.4, 0.5) is 0 Å². The molecule has 1 aliphatic carbocycles. The predicted octanol–water partition coefficient (Wildman–Crippen LogP) is 3.71. The number of rotatable bonds is 8. The summed E-state index contributed by atoms with van der Waals surface area (Å²) in [4.78, 5) is 49.9. The van der Waals surface area contributed by atoms with Gasteiger partial charge in [-0.2, -0.15) is 5.10 Å². The summed E-state index contributed by atoms with van der Waals surface area (Å²) in [6, 6.07) is 12.6. The second kappa shape index (κ2) is 10.1. The van der Waals surface area contributed by atoms with Gasteiger partial charge in [0.15, 0.2) is 5.78 Å². The van der Waals surface area contributed by atoms with E-state index in [1.54, 1.807) is 29.1 Å². The van der Waals surface area contributed by atoms with Gasteiger partial charge in [-0.25, -0.2) is 9.97 Å². The Balaban J connectivity index is 1.24. The lowest BCUT2D eigenvalue weighted by atomic mass is 10.0. The lowest BCUT2D eigenvalue weighted by Crippen LogP contribution is -2.48. The smallest absolute Gasteiger partial charge is 0.245 e. The quantitative estimate of drug-likeness (QED) is 0.331. The number of hydrogen-bond donors (Lipinski definition) is 1. The van der Waals surface area contributed by atoms with Crippen molar-refractivity contribution in [3.05, 3.63) is 71.9 Å². The third kappa shape index (κ3) is 4.94. The summed E-state index contributed by atoms with van der Waals surface area (Å²) < 4.78 is 6.86. The van der Waals surface area contributed by atoms with E-state index in [9.17, 15) is 14.4 Å². The molecule has 10 heteroatoms. The van der Waals surface area contributed by atoms with Crippen LogP contribution in [0.3, 0.4) is 0 Å². The minimum Gasteiger partial charge on any atom is -0.497 e. The van der Waals surface area contributed by atoms with Crippen molar-refractivity contribution in [1.82, 2.24) is 30.0 Å². The zero-order chi connectivity index (χ0) is 28.9. The number of ketones is 1. The van der Waals surface area contributed by atoms with Crippen molar-refractivity contribution < 1.29 is 19.1 Å². The molecule has 2 amide bonds. The van der Waals surface area contributed by atoms with E-state index in [1.807, 2.05) is 49.4 Å². The van der Waals surface area contributed by atoms with Crippen LogP contribution in [0.2, 0.25) is 0 Å². The summed E-state index contributed by atoms with van der Waals surface area (Å²) in [6.45, 7) is 5.69. The van der Waals surface area contributed by atoms with Gasteiger partial charge in [0.05, 0.1) is 12.6 Å². The molecule has 41 heavy (non-hydrogen) atoms. The number of ether oxygens (including phenoxy) is 1. The molecular formula is C31H32N6O4. The number of benzene rings is 2. The SMILES string of the molecule is COc1cccc(CNC(=O)[C@@H]2C[C@@]3(C)C[C@H]3N2C(=O)Cn2nc(C(C)=O)c3cc(-c4cnc(C)nc4)ccc32)c1. The van der Waals surface area contributed by atoms with Crippen molar-refractivity contribution in [3.8, 4) is 16.9 Å². The third-order valence-corrected chi connectivity index (χ3v) is 8.31.